The number of nitrogens with zero attached hydrogens (tertiary/aromatic N) is 1. The van der Waals surface area contributed by atoms with Gasteiger partial charge in [-0.3, -0.25) is 4.98 Å². The van der Waals surface area contributed by atoms with Crippen molar-refractivity contribution in [3.05, 3.63) is 71.9 Å². The largest absolute Gasteiger partial charge is 0.377 e. The Morgan fingerprint density at radius 3 is 2.67 bits per heavy atom. The smallest absolute Gasteiger partial charge is 0.0702 e. The number of rotatable bonds is 4. The Bertz CT molecular complexity index is 735. The first-order chi connectivity index (χ1) is 10.3. The Kier molecular flexibility index (Phi) is 3.84. The number of benzene rings is 2. The molecule has 1 unspecified atom stereocenters. The molecule has 3 rings (SSSR count). The van der Waals surface area contributed by atoms with Gasteiger partial charge < -0.3 is 11.1 Å². The molecule has 3 nitrogen and oxygen atoms in total. The van der Waals surface area contributed by atoms with E-state index >= 15 is 0 Å². The number of pyridine rings is 1. The van der Waals surface area contributed by atoms with E-state index in [2.05, 4.69) is 59.7 Å². The lowest BCUT2D eigenvalue weighted by Crippen LogP contribution is -2.20. The van der Waals surface area contributed by atoms with Crippen LogP contribution in [0.4, 0.5) is 5.69 Å². The van der Waals surface area contributed by atoms with Crippen molar-refractivity contribution in [3.63, 3.8) is 0 Å². The van der Waals surface area contributed by atoms with Crippen molar-refractivity contribution >= 4 is 16.6 Å². The number of anilines is 1. The molecule has 1 aromatic heterocycles. The van der Waals surface area contributed by atoms with Gasteiger partial charge in [0.2, 0.25) is 0 Å². The first kappa shape index (κ1) is 13.6. The molecule has 0 fully saturated rings. The molecule has 0 aliphatic carbocycles. The van der Waals surface area contributed by atoms with E-state index in [1.54, 1.807) is 0 Å². The minimum atomic E-state index is 0.0947. The number of nitrogens with two attached hydrogens (primary N) is 1. The van der Waals surface area contributed by atoms with Gasteiger partial charge in [-0.25, -0.2) is 0 Å². The maximum absolute atomic E-state index is 5.95. The Morgan fingerprint density at radius 2 is 1.90 bits per heavy atom. The molecule has 21 heavy (non-hydrogen) atoms. The second-order valence-corrected chi connectivity index (χ2v) is 5.25. The van der Waals surface area contributed by atoms with Crippen LogP contribution in [0.3, 0.4) is 0 Å². The minimum absolute atomic E-state index is 0.0947. The Balaban J connectivity index is 1.88. The molecule has 106 valence electrons. The minimum Gasteiger partial charge on any atom is -0.377 e. The highest BCUT2D eigenvalue weighted by Gasteiger charge is 2.10. The Labute approximate surface area is 124 Å². The van der Waals surface area contributed by atoms with E-state index < -0.39 is 0 Å². The zero-order chi connectivity index (χ0) is 14.7. The van der Waals surface area contributed by atoms with Crippen LogP contribution < -0.4 is 11.1 Å². The van der Waals surface area contributed by atoms with Gasteiger partial charge in [0.05, 0.1) is 11.6 Å². The van der Waals surface area contributed by atoms with E-state index in [9.17, 15) is 0 Å². The van der Waals surface area contributed by atoms with Crippen LogP contribution in [-0.2, 0) is 0 Å². The first-order valence-electron chi connectivity index (χ1n) is 7.14. The van der Waals surface area contributed by atoms with Crippen LogP contribution in [-0.4, -0.2) is 11.5 Å². The molecule has 0 aliphatic rings. The van der Waals surface area contributed by atoms with E-state index in [0.717, 1.165) is 16.6 Å². The zero-order valence-corrected chi connectivity index (χ0v) is 12.1. The summed E-state index contributed by atoms with van der Waals surface area (Å²) in [5.41, 5.74) is 10.5. The third-order valence-electron chi connectivity index (χ3n) is 3.66. The summed E-state index contributed by atoms with van der Waals surface area (Å²) < 4.78 is 0. The van der Waals surface area contributed by atoms with Gasteiger partial charge in [-0.05, 0) is 42.8 Å². The van der Waals surface area contributed by atoms with E-state index in [0.29, 0.717) is 6.54 Å². The fourth-order valence-electron chi connectivity index (χ4n) is 2.44. The zero-order valence-electron chi connectivity index (χ0n) is 12.1. The predicted molar refractivity (Wildman–Crippen MR) is 88.3 cm³/mol. The van der Waals surface area contributed by atoms with Gasteiger partial charge in [-0.2, -0.15) is 0 Å². The van der Waals surface area contributed by atoms with Crippen molar-refractivity contribution in [1.82, 2.24) is 4.98 Å². The van der Waals surface area contributed by atoms with Gasteiger partial charge in [0.1, 0.15) is 0 Å². The molecule has 2 aromatic carbocycles. The summed E-state index contributed by atoms with van der Waals surface area (Å²) in [5, 5.41) is 4.63. The van der Waals surface area contributed by atoms with Crippen molar-refractivity contribution in [1.29, 1.82) is 0 Å². The molecular formula is C18H19N3. The molecular weight excluding hydrogens is 258 g/mol. The van der Waals surface area contributed by atoms with Crippen molar-refractivity contribution in [2.24, 2.45) is 5.73 Å². The highest BCUT2D eigenvalue weighted by atomic mass is 14.9. The second kappa shape index (κ2) is 5.94. The number of aromatic nitrogens is 1. The lowest BCUT2D eigenvalue weighted by atomic mass is 10.0. The van der Waals surface area contributed by atoms with Crippen molar-refractivity contribution in [2.45, 2.75) is 13.0 Å². The van der Waals surface area contributed by atoms with E-state index in [1.807, 2.05) is 18.3 Å². The molecule has 3 N–H and O–H groups in total. The lowest BCUT2D eigenvalue weighted by molar-refractivity contribution is 0.791. The van der Waals surface area contributed by atoms with Gasteiger partial charge in [-0.1, -0.05) is 29.8 Å². The molecule has 0 saturated carbocycles. The predicted octanol–water partition coefficient (Wildman–Crippen LogP) is 3.66. The number of hydrogen-bond donors (Lipinski definition) is 2. The summed E-state index contributed by atoms with van der Waals surface area (Å²) >= 11 is 0. The van der Waals surface area contributed by atoms with Gasteiger partial charge in [0.15, 0.2) is 0 Å². The van der Waals surface area contributed by atoms with Crippen molar-refractivity contribution in [2.75, 3.05) is 11.9 Å². The van der Waals surface area contributed by atoms with Crippen LogP contribution in [0.15, 0.2) is 60.8 Å². The topological polar surface area (TPSA) is 50.9 Å². The fraction of sp³-hybridized carbons (Fsp3) is 0.167. The molecule has 1 heterocycles. The van der Waals surface area contributed by atoms with Crippen LogP contribution in [0, 0.1) is 6.92 Å². The van der Waals surface area contributed by atoms with Gasteiger partial charge >= 0.3 is 0 Å². The summed E-state index contributed by atoms with van der Waals surface area (Å²) in [7, 11) is 0. The van der Waals surface area contributed by atoms with E-state index in [4.69, 9.17) is 5.73 Å². The summed E-state index contributed by atoms with van der Waals surface area (Å²) in [5.74, 6) is 0. The summed E-state index contributed by atoms with van der Waals surface area (Å²) in [6, 6.07) is 18.8. The first-order valence-corrected chi connectivity index (χ1v) is 7.14. The standard InChI is InChI=1S/C18H19N3/c1-13-4-7-16(8-5-13)21-18(12-19)15-6-9-17-14(11-15)3-2-10-20-17/h2-11,18,21H,12,19H2,1H3. The Hall–Kier alpha value is -2.39. The monoisotopic (exact) mass is 277 g/mol. The van der Waals surface area contributed by atoms with Crippen LogP contribution in [0.1, 0.15) is 17.2 Å². The second-order valence-electron chi connectivity index (χ2n) is 5.25. The molecule has 3 heteroatoms. The van der Waals surface area contributed by atoms with Crippen molar-refractivity contribution in [3.8, 4) is 0 Å². The maximum atomic E-state index is 5.95. The van der Waals surface area contributed by atoms with Crippen LogP contribution in [0.5, 0.6) is 0 Å². The quantitative estimate of drug-likeness (QED) is 0.765. The summed E-state index contributed by atoms with van der Waals surface area (Å²) in [4.78, 5) is 4.35. The lowest BCUT2D eigenvalue weighted by Gasteiger charge is -2.19. The highest BCUT2D eigenvalue weighted by Crippen LogP contribution is 2.22. The third kappa shape index (κ3) is 3.03. The molecule has 3 aromatic rings. The molecule has 0 amide bonds. The molecule has 0 saturated heterocycles. The summed E-state index contributed by atoms with van der Waals surface area (Å²) in [6.45, 7) is 2.63. The molecule has 0 bridgehead atoms. The molecule has 0 spiro atoms. The SMILES string of the molecule is Cc1ccc(NC(CN)c2ccc3ncccc3c2)cc1. The summed E-state index contributed by atoms with van der Waals surface area (Å²) in [6.07, 6.45) is 1.81. The van der Waals surface area contributed by atoms with Crippen LogP contribution >= 0.6 is 0 Å². The average molecular weight is 277 g/mol. The van der Waals surface area contributed by atoms with E-state index in [1.165, 1.54) is 11.1 Å². The van der Waals surface area contributed by atoms with Gasteiger partial charge in [0, 0.05) is 23.8 Å². The maximum Gasteiger partial charge on any atom is 0.0702 e. The molecule has 0 aliphatic heterocycles. The Morgan fingerprint density at radius 1 is 1.10 bits per heavy atom. The van der Waals surface area contributed by atoms with Crippen LogP contribution in [0.25, 0.3) is 10.9 Å². The number of nitrogens with one attached hydrogen (secondary N) is 1. The third-order valence-corrected chi connectivity index (χ3v) is 3.66. The van der Waals surface area contributed by atoms with Crippen molar-refractivity contribution < 1.29 is 0 Å². The number of fused-ring (bicyclic) bond motifs is 1. The average Bonchev–Trinajstić information content (AvgIpc) is 2.54. The normalized spacial score (nSPS) is 12.3. The molecule has 0 radical (unpaired) electrons. The number of hydrogen-bond acceptors (Lipinski definition) is 3. The van der Waals surface area contributed by atoms with Crippen LogP contribution in [0.2, 0.25) is 0 Å². The fourth-order valence-corrected chi connectivity index (χ4v) is 2.44. The molecule has 1 atom stereocenters. The highest BCUT2D eigenvalue weighted by molar-refractivity contribution is 5.79. The number of aryl methyl sites for hydroxylation is 1. The van der Waals surface area contributed by atoms with E-state index in [-0.39, 0.29) is 6.04 Å². The van der Waals surface area contributed by atoms with Gasteiger partial charge in [0.25, 0.3) is 0 Å². The van der Waals surface area contributed by atoms with Gasteiger partial charge in [-0.15, -0.1) is 0 Å².